The summed E-state index contributed by atoms with van der Waals surface area (Å²) < 4.78 is 2.25. The van der Waals surface area contributed by atoms with Gasteiger partial charge in [-0.25, -0.2) is 4.98 Å². The van der Waals surface area contributed by atoms with Gasteiger partial charge in [0.05, 0.1) is 12.2 Å². The van der Waals surface area contributed by atoms with Crippen LogP contribution in [0.3, 0.4) is 0 Å². The number of aliphatic carboxylic acids is 1. The first-order valence-corrected chi connectivity index (χ1v) is 13.8. The molecular formula is C29H40N6O2. The summed E-state index contributed by atoms with van der Waals surface area (Å²) in [6.45, 7) is 12.3. The Labute approximate surface area is 219 Å². The van der Waals surface area contributed by atoms with E-state index < -0.39 is 5.97 Å². The molecule has 0 amide bonds. The van der Waals surface area contributed by atoms with Crippen LogP contribution in [-0.2, 0) is 10.2 Å². The fraction of sp³-hybridized carbons (Fsp3) is 0.586. The largest absolute Gasteiger partial charge is 0.481 e. The highest BCUT2D eigenvalue weighted by molar-refractivity contribution is 5.87. The molecule has 0 spiro atoms. The number of piperidine rings is 1. The van der Waals surface area contributed by atoms with Gasteiger partial charge in [-0.3, -0.25) is 4.79 Å². The molecular weight excluding hydrogens is 464 g/mol. The Morgan fingerprint density at radius 2 is 1.89 bits per heavy atom. The van der Waals surface area contributed by atoms with Crippen LogP contribution in [0.2, 0.25) is 0 Å². The molecule has 3 aromatic rings. The Kier molecular flexibility index (Phi) is 6.86. The summed E-state index contributed by atoms with van der Waals surface area (Å²) in [5.41, 5.74) is 5.19. The Balaban J connectivity index is 1.50. The molecule has 1 aromatic carbocycles. The lowest BCUT2D eigenvalue weighted by Crippen LogP contribution is -2.38. The third-order valence-electron chi connectivity index (χ3n) is 8.39. The highest BCUT2D eigenvalue weighted by Gasteiger charge is 2.32. The quantitative estimate of drug-likeness (QED) is 0.394. The van der Waals surface area contributed by atoms with Crippen LogP contribution < -0.4 is 10.2 Å². The van der Waals surface area contributed by atoms with Crippen molar-refractivity contribution in [2.45, 2.75) is 84.6 Å². The number of hydrogen-bond acceptors (Lipinski definition) is 6. The molecule has 1 atom stereocenters. The van der Waals surface area contributed by atoms with E-state index in [-0.39, 0.29) is 17.3 Å². The van der Waals surface area contributed by atoms with Crippen LogP contribution in [0, 0.1) is 18.8 Å². The van der Waals surface area contributed by atoms with Crippen LogP contribution in [0.15, 0.2) is 24.5 Å². The van der Waals surface area contributed by atoms with E-state index >= 15 is 0 Å². The summed E-state index contributed by atoms with van der Waals surface area (Å²) in [5, 5.41) is 13.3. The van der Waals surface area contributed by atoms with E-state index in [1.165, 1.54) is 12.0 Å². The van der Waals surface area contributed by atoms with Gasteiger partial charge >= 0.3 is 5.97 Å². The predicted molar refractivity (Wildman–Crippen MR) is 148 cm³/mol. The second-order valence-electron chi connectivity index (χ2n) is 11.9. The number of anilines is 3. The maximum absolute atomic E-state index is 11.7. The minimum atomic E-state index is -0.681. The van der Waals surface area contributed by atoms with Crippen molar-refractivity contribution in [3.05, 3.63) is 35.7 Å². The molecule has 8 nitrogen and oxygen atoms in total. The van der Waals surface area contributed by atoms with Crippen molar-refractivity contribution < 1.29 is 9.90 Å². The number of benzene rings is 1. The molecule has 198 valence electrons. The monoisotopic (exact) mass is 504 g/mol. The topological polar surface area (TPSA) is 96.2 Å². The lowest BCUT2D eigenvalue weighted by Gasteiger charge is -2.34. The van der Waals surface area contributed by atoms with Crippen LogP contribution in [0.4, 0.5) is 17.5 Å². The van der Waals surface area contributed by atoms with Crippen molar-refractivity contribution in [2.24, 2.45) is 11.8 Å². The molecule has 2 aromatic heterocycles. The van der Waals surface area contributed by atoms with Gasteiger partial charge in [-0.1, -0.05) is 39.8 Å². The zero-order chi connectivity index (χ0) is 26.3. The molecule has 1 unspecified atom stereocenters. The fourth-order valence-corrected chi connectivity index (χ4v) is 5.67. The smallest absolute Gasteiger partial charge is 0.306 e. The Hall–Kier alpha value is -3.16. The highest BCUT2D eigenvalue weighted by atomic mass is 16.4. The van der Waals surface area contributed by atoms with Crippen LogP contribution in [-0.4, -0.2) is 43.7 Å². The van der Waals surface area contributed by atoms with Gasteiger partial charge < -0.3 is 19.9 Å². The molecule has 1 saturated heterocycles. The zero-order valence-electron chi connectivity index (χ0n) is 22.8. The van der Waals surface area contributed by atoms with Crippen molar-refractivity contribution in [1.82, 2.24) is 19.5 Å². The maximum Gasteiger partial charge on any atom is 0.306 e. The summed E-state index contributed by atoms with van der Waals surface area (Å²) in [7, 11) is 0. The molecule has 8 heteroatoms. The van der Waals surface area contributed by atoms with Gasteiger partial charge in [-0.05, 0) is 74.0 Å². The summed E-state index contributed by atoms with van der Waals surface area (Å²) in [4.78, 5) is 28.6. The second kappa shape index (κ2) is 9.95. The highest BCUT2D eigenvalue weighted by Crippen LogP contribution is 2.38. The van der Waals surface area contributed by atoms with Gasteiger partial charge in [-0.2, -0.15) is 9.97 Å². The van der Waals surface area contributed by atoms with Gasteiger partial charge in [0.25, 0.3) is 0 Å². The molecule has 1 saturated carbocycles. The van der Waals surface area contributed by atoms with E-state index in [2.05, 4.69) is 60.7 Å². The normalized spacial score (nSPS) is 18.1. The maximum atomic E-state index is 11.7. The molecule has 37 heavy (non-hydrogen) atoms. The second-order valence-corrected chi connectivity index (χ2v) is 11.9. The van der Waals surface area contributed by atoms with Gasteiger partial charge in [0.15, 0.2) is 11.5 Å². The first kappa shape index (κ1) is 25.5. The number of rotatable bonds is 7. The number of hydrogen-bond donors (Lipinski definition) is 2. The van der Waals surface area contributed by atoms with E-state index in [1.807, 2.05) is 13.3 Å². The Morgan fingerprint density at radius 1 is 1.16 bits per heavy atom. The molecule has 5 rings (SSSR count). The van der Waals surface area contributed by atoms with E-state index in [1.54, 1.807) is 0 Å². The van der Waals surface area contributed by atoms with Gasteiger partial charge in [0.1, 0.15) is 5.52 Å². The fourth-order valence-electron chi connectivity index (χ4n) is 5.67. The summed E-state index contributed by atoms with van der Waals surface area (Å²) in [5.74, 6) is 0.692. The van der Waals surface area contributed by atoms with Gasteiger partial charge in [0, 0.05) is 24.8 Å². The summed E-state index contributed by atoms with van der Waals surface area (Å²) >= 11 is 0. The minimum absolute atomic E-state index is 0.0423. The van der Waals surface area contributed by atoms with E-state index in [0.29, 0.717) is 24.1 Å². The standard InChI is InChI=1S/C29H40N6O2/c1-6-22(27(36)37)19-12-14-34(15-13-19)28-32-25-24(35(17-30-25)21-8-7-9-21)26(33-28)31-23-16-20(29(3,4)5)11-10-18(23)2/h10-11,16-17,19,21-22H,6-9,12-15H2,1-5H3,(H,36,37)(H,31,32,33). The van der Waals surface area contributed by atoms with Gasteiger partial charge in [-0.15, -0.1) is 0 Å². The number of fused-ring (bicyclic) bond motifs is 1. The van der Waals surface area contributed by atoms with Crippen LogP contribution in [0.1, 0.15) is 83.4 Å². The van der Waals surface area contributed by atoms with E-state index in [4.69, 9.17) is 15.0 Å². The first-order valence-electron chi connectivity index (χ1n) is 13.8. The van der Waals surface area contributed by atoms with Gasteiger partial charge in [0.2, 0.25) is 5.95 Å². The number of nitrogens with one attached hydrogen (secondary N) is 1. The lowest BCUT2D eigenvalue weighted by atomic mass is 9.83. The lowest BCUT2D eigenvalue weighted by molar-refractivity contribution is -0.144. The summed E-state index contributed by atoms with van der Waals surface area (Å²) in [6.07, 6.45) is 7.80. The zero-order valence-corrected chi connectivity index (χ0v) is 22.8. The van der Waals surface area contributed by atoms with Crippen LogP contribution >= 0.6 is 0 Å². The SMILES string of the molecule is CCC(C(=O)O)C1CCN(c2nc(Nc3cc(C(C)(C)C)ccc3C)c3c(ncn3C3CCC3)n2)CC1. The van der Waals surface area contributed by atoms with E-state index in [9.17, 15) is 9.90 Å². The molecule has 3 heterocycles. The first-order chi connectivity index (χ1) is 17.7. The molecule has 2 N–H and O–H groups in total. The predicted octanol–water partition coefficient (Wildman–Crippen LogP) is 6.23. The number of aromatic nitrogens is 4. The van der Waals surface area contributed by atoms with Crippen LogP contribution in [0.25, 0.3) is 11.2 Å². The number of carbonyl (C=O) groups is 1. The van der Waals surface area contributed by atoms with Crippen molar-refractivity contribution in [3.8, 4) is 0 Å². The van der Waals surface area contributed by atoms with Crippen molar-refractivity contribution in [1.29, 1.82) is 0 Å². The van der Waals surface area contributed by atoms with Crippen molar-refractivity contribution in [3.63, 3.8) is 0 Å². The van der Waals surface area contributed by atoms with Crippen molar-refractivity contribution >= 4 is 34.6 Å². The number of nitrogens with zero attached hydrogens (tertiary/aromatic N) is 5. The number of aryl methyl sites for hydroxylation is 1. The Morgan fingerprint density at radius 3 is 2.49 bits per heavy atom. The number of carboxylic acids is 1. The average molecular weight is 505 g/mol. The number of carboxylic acid groups (broad SMARTS) is 1. The van der Waals surface area contributed by atoms with Crippen LogP contribution in [0.5, 0.6) is 0 Å². The molecule has 1 aliphatic heterocycles. The van der Waals surface area contributed by atoms with E-state index in [0.717, 1.165) is 61.4 Å². The minimum Gasteiger partial charge on any atom is -0.481 e. The average Bonchev–Trinajstić information content (AvgIpc) is 3.23. The molecule has 2 fully saturated rings. The summed E-state index contributed by atoms with van der Waals surface area (Å²) in [6, 6.07) is 7.04. The molecule has 0 bridgehead atoms. The van der Waals surface area contributed by atoms with Crippen molar-refractivity contribution in [2.75, 3.05) is 23.3 Å². The molecule has 1 aliphatic carbocycles. The molecule has 2 aliphatic rings. The Bertz CT molecular complexity index is 1280. The third kappa shape index (κ3) is 5.03. The molecule has 0 radical (unpaired) electrons. The third-order valence-corrected chi connectivity index (χ3v) is 8.39. The number of imidazole rings is 1.